The van der Waals surface area contributed by atoms with Gasteiger partial charge >= 0.3 is 0 Å². The Morgan fingerprint density at radius 1 is 1.23 bits per heavy atom. The molecular weight excluding hydrogens is 382 g/mol. The minimum absolute atomic E-state index is 0.00397. The molecule has 3 fully saturated rings. The molecule has 2 saturated carbocycles. The first-order chi connectivity index (χ1) is 15.0. The van der Waals surface area contributed by atoms with Gasteiger partial charge in [0.2, 0.25) is 0 Å². The topological polar surface area (TPSA) is 37.4 Å². The van der Waals surface area contributed by atoms with Crippen molar-refractivity contribution in [3.63, 3.8) is 0 Å². The Morgan fingerprint density at radius 3 is 2.94 bits per heavy atom. The number of fused-ring (bicyclic) bond motifs is 1. The highest BCUT2D eigenvalue weighted by Gasteiger charge is 2.66. The molecule has 1 aromatic heterocycles. The van der Waals surface area contributed by atoms with Crippen LogP contribution >= 0.6 is 0 Å². The van der Waals surface area contributed by atoms with Crippen molar-refractivity contribution in [2.45, 2.75) is 88.1 Å². The Kier molecular flexibility index (Phi) is 4.55. The molecule has 5 aliphatic rings. The minimum Gasteiger partial charge on any atom is -0.359 e. The van der Waals surface area contributed by atoms with E-state index in [9.17, 15) is 0 Å². The van der Waals surface area contributed by atoms with Crippen LogP contribution in [-0.2, 0) is 11.3 Å². The lowest BCUT2D eigenvalue weighted by Gasteiger charge is -2.54. The first-order valence-electron chi connectivity index (χ1n) is 12.4. The van der Waals surface area contributed by atoms with E-state index >= 15 is 0 Å². The molecule has 0 amide bonds. The largest absolute Gasteiger partial charge is 0.359 e. The summed E-state index contributed by atoms with van der Waals surface area (Å²) >= 11 is 0. The standard InChI is InChI=1S/C27H37N3O/c1-25-11-10-21-15-20-6-7-22(30(2)3)16-26(20)12-13-27(21,31-26)23(25)8-9-24(25)29-18-19-5-4-14-28-17-19/h4-5,10,14-15,17,22-24,29H,6-9,11-13,16,18H2,1-3H3/t22?,23-,24?,25?,26-,27-/m1/s1. The van der Waals surface area contributed by atoms with Gasteiger partial charge in [-0.1, -0.05) is 25.1 Å². The first kappa shape index (κ1) is 20.1. The quantitative estimate of drug-likeness (QED) is 0.772. The molecule has 2 bridgehead atoms. The second-order valence-corrected chi connectivity index (χ2v) is 11.3. The van der Waals surface area contributed by atoms with Gasteiger partial charge < -0.3 is 15.0 Å². The van der Waals surface area contributed by atoms with Gasteiger partial charge in [0.15, 0.2) is 0 Å². The SMILES string of the molecule is CN(C)C1CCC2=CC3=CCC4(C)C(NCc5cccnc5)CC[C@H]4[C@@]34CC[C@]2(C1)O4. The summed E-state index contributed by atoms with van der Waals surface area (Å²) in [6, 6.07) is 5.39. The molecule has 3 unspecified atom stereocenters. The van der Waals surface area contributed by atoms with Crippen molar-refractivity contribution in [2.24, 2.45) is 11.3 Å². The lowest BCUT2D eigenvalue weighted by atomic mass is 9.60. The third-order valence-corrected chi connectivity index (χ3v) is 9.66. The summed E-state index contributed by atoms with van der Waals surface area (Å²) in [5.41, 5.74) is 4.61. The Morgan fingerprint density at radius 2 is 2.13 bits per heavy atom. The van der Waals surface area contributed by atoms with Gasteiger partial charge in [-0.25, -0.2) is 0 Å². The van der Waals surface area contributed by atoms with E-state index in [1.165, 1.54) is 62.5 Å². The number of hydrogen-bond acceptors (Lipinski definition) is 4. The van der Waals surface area contributed by atoms with E-state index in [0.717, 1.165) is 6.54 Å². The molecule has 1 aromatic rings. The zero-order valence-electron chi connectivity index (χ0n) is 19.4. The molecule has 6 atom stereocenters. The van der Waals surface area contributed by atoms with Crippen LogP contribution in [0.1, 0.15) is 63.9 Å². The van der Waals surface area contributed by atoms with Crippen LogP contribution in [0.2, 0.25) is 0 Å². The van der Waals surface area contributed by atoms with Crippen molar-refractivity contribution >= 4 is 0 Å². The maximum Gasteiger partial charge on any atom is 0.0975 e. The Balaban J connectivity index is 1.29. The fraction of sp³-hybridized carbons (Fsp3) is 0.667. The van der Waals surface area contributed by atoms with Crippen molar-refractivity contribution in [3.05, 3.63) is 53.4 Å². The number of rotatable bonds is 4. The smallest absolute Gasteiger partial charge is 0.0975 e. The maximum atomic E-state index is 7.35. The molecule has 3 aliphatic carbocycles. The number of pyridine rings is 1. The highest BCUT2D eigenvalue weighted by atomic mass is 16.5. The maximum absolute atomic E-state index is 7.35. The fourth-order valence-electron chi connectivity index (χ4n) is 7.90. The van der Waals surface area contributed by atoms with Crippen LogP contribution in [0.5, 0.6) is 0 Å². The van der Waals surface area contributed by atoms with Crippen LogP contribution in [0.25, 0.3) is 0 Å². The molecule has 31 heavy (non-hydrogen) atoms. The van der Waals surface area contributed by atoms with Crippen LogP contribution in [0, 0.1) is 11.3 Å². The summed E-state index contributed by atoms with van der Waals surface area (Å²) in [6.07, 6.45) is 18.7. The molecule has 6 rings (SSSR count). The van der Waals surface area contributed by atoms with Gasteiger partial charge in [0.1, 0.15) is 0 Å². The number of nitrogens with one attached hydrogen (secondary N) is 1. The molecule has 3 heterocycles. The number of aromatic nitrogens is 1. The molecule has 2 spiro atoms. The van der Waals surface area contributed by atoms with E-state index in [2.05, 4.69) is 54.4 Å². The predicted molar refractivity (Wildman–Crippen MR) is 124 cm³/mol. The van der Waals surface area contributed by atoms with E-state index in [0.29, 0.717) is 18.0 Å². The second-order valence-electron chi connectivity index (χ2n) is 11.3. The zero-order chi connectivity index (χ0) is 21.3. The van der Waals surface area contributed by atoms with Crippen molar-refractivity contribution in [3.8, 4) is 0 Å². The summed E-state index contributed by atoms with van der Waals surface area (Å²) in [4.78, 5) is 6.71. The number of ether oxygens (including phenoxy) is 1. The van der Waals surface area contributed by atoms with Crippen molar-refractivity contribution in [1.82, 2.24) is 15.2 Å². The van der Waals surface area contributed by atoms with Crippen molar-refractivity contribution < 1.29 is 4.74 Å². The van der Waals surface area contributed by atoms with Gasteiger partial charge in [-0.2, -0.15) is 0 Å². The lowest BCUT2D eigenvalue weighted by molar-refractivity contribution is -0.140. The van der Waals surface area contributed by atoms with Crippen molar-refractivity contribution in [2.75, 3.05) is 14.1 Å². The summed E-state index contributed by atoms with van der Waals surface area (Å²) in [6.45, 7) is 3.44. The average Bonchev–Trinajstić information content (AvgIpc) is 3.27. The van der Waals surface area contributed by atoms with E-state index in [1.54, 1.807) is 5.57 Å². The highest BCUT2D eigenvalue weighted by Crippen LogP contribution is 2.66. The van der Waals surface area contributed by atoms with Gasteiger partial charge in [0, 0.05) is 31.0 Å². The summed E-state index contributed by atoms with van der Waals surface area (Å²) in [5, 5.41) is 3.92. The van der Waals surface area contributed by atoms with Crippen LogP contribution in [0.3, 0.4) is 0 Å². The van der Waals surface area contributed by atoms with E-state index in [1.807, 2.05) is 18.5 Å². The van der Waals surface area contributed by atoms with Gasteiger partial charge in [0.05, 0.1) is 11.2 Å². The van der Waals surface area contributed by atoms with Crippen LogP contribution in [0.15, 0.2) is 47.8 Å². The second kappa shape index (κ2) is 7.00. The van der Waals surface area contributed by atoms with Gasteiger partial charge in [-0.15, -0.1) is 0 Å². The van der Waals surface area contributed by atoms with Crippen molar-refractivity contribution in [1.29, 1.82) is 0 Å². The Hall–Kier alpha value is -1.49. The fourth-order valence-corrected chi connectivity index (χ4v) is 7.90. The normalized spacial score (nSPS) is 43.2. The Labute approximate surface area is 187 Å². The first-order valence-corrected chi connectivity index (χ1v) is 12.4. The molecule has 1 N–H and O–H groups in total. The van der Waals surface area contributed by atoms with E-state index in [4.69, 9.17) is 4.74 Å². The molecule has 0 radical (unpaired) electrons. The molecule has 0 aromatic carbocycles. The highest BCUT2D eigenvalue weighted by molar-refractivity contribution is 5.47. The monoisotopic (exact) mass is 419 g/mol. The zero-order valence-corrected chi connectivity index (χ0v) is 19.4. The molecule has 2 aliphatic heterocycles. The van der Waals surface area contributed by atoms with Gasteiger partial charge in [-0.05, 0) is 99.6 Å². The number of nitrogens with zero attached hydrogens (tertiary/aromatic N) is 2. The molecule has 4 heteroatoms. The molecular formula is C27H37N3O. The van der Waals surface area contributed by atoms with Crippen LogP contribution in [0.4, 0.5) is 0 Å². The summed E-state index contributed by atoms with van der Waals surface area (Å²) in [7, 11) is 4.48. The van der Waals surface area contributed by atoms with E-state index in [-0.39, 0.29) is 16.6 Å². The number of hydrogen-bond donors (Lipinski definition) is 1. The third-order valence-electron chi connectivity index (χ3n) is 9.66. The summed E-state index contributed by atoms with van der Waals surface area (Å²) in [5.74, 6) is 0.614. The molecule has 4 nitrogen and oxygen atoms in total. The van der Waals surface area contributed by atoms with Crippen LogP contribution < -0.4 is 5.32 Å². The average molecular weight is 420 g/mol. The lowest BCUT2D eigenvalue weighted by Crippen LogP contribution is -2.56. The molecule has 1 saturated heterocycles. The third kappa shape index (κ3) is 2.87. The predicted octanol–water partition coefficient (Wildman–Crippen LogP) is 4.63. The van der Waals surface area contributed by atoms with Crippen LogP contribution in [-0.4, -0.2) is 47.3 Å². The Bertz CT molecular complexity index is 924. The molecule has 166 valence electrons. The van der Waals surface area contributed by atoms with Gasteiger partial charge in [0.25, 0.3) is 0 Å². The minimum atomic E-state index is -0.0462. The van der Waals surface area contributed by atoms with E-state index < -0.39 is 0 Å². The van der Waals surface area contributed by atoms with Gasteiger partial charge in [-0.3, -0.25) is 4.98 Å². The number of allylic oxidation sites excluding steroid dienone is 1. The summed E-state index contributed by atoms with van der Waals surface area (Å²) < 4.78 is 7.35.